The Hall–Kier alpha value is -3.80. The van der Waals surface area contributed by atoms with Gasteiger partial charge < -0.3 is 19.5 Å². The molecule has 0 aliphatic heterocycles. The summed E-state index contributed by atoms with van der Waals surface area (Å²) in [6.45, 7) is 3.23. The van der Waals surface area contributed by atoms with Crippen molar-refractivity contribution in [3.63, 3.8) is 0 Å². The molecule has 3 aromatic rings. The van der Waals surface area contributed by atoms with E-state index in [1.165, 1.54) is 6.08 Å². The maximum atomic E-state index is 12.1. The van der Waals surface area contributed by atoms with E-state index in [4.69, 9.17) is 14.2 Å². The van der Waals surface area contributed by atoms with E-state index in [-0.39, 0.29) is 5.91 Å². The number of anilines is 1. The van der Waals surface area contributed by atoms with Gasteiger partial charge in [-0.2, -0.15) is 0 Å². The van der Waals surface area contributed by atoms with E-state index in [0.29, 0.717) is 37.0 Å². The van der Waals surface area contributed by atoms with Crippen LogP contribution in [0.15, 0.2) is 79.1 Å². The number of aromatic nitrogens is 1. The van der Waals surface area contributed by atoms with E-state index in [1.807, 2.05) is 55.5 Å². The number of ether oxygens (including phenoxy) is 3. The highest BCUT2D eigenvalue weighted by Crippen LogP contribution is 2.29. The number of pyridine rings is 1. The van der Waals surface area contributed by atoms with Gasteiger partial charge in [0.1, 0.15) is 19.0 Å². The standard InChI is InChI=1S/C24H24N2O4/c1-2-28-23-18-19(9-11-24(27)26-20-12-14-25-15-13-20)8-10-22(23)30-17-16-29-21-6-4-3-5-7-21/h3-15,18H,2,16-17H2,1H3,(H,25,26,27)/b11-9+. The molecule has 0 aliphatic rings. The molecule has 0 fully saturated rings. The summed E-state index contributed by atoms with van der Waals surface area (Å²) in [5.74, 6) is 1.83. The molecule has 0 atom stereocenters. The van der Waals surface area contributed by atoms with Crippen LogP contribution in [0.1, 0.15) is 12.5 Å². The minimum absolute atomic E-state index is 0.224. The molecule has 0 aliphatic carbocycles. The summed E-state index contributed by atoms with van der Waals surface area (Å²) in [4.78, 5) is 16.0. The Morgan fingerprint density at radius 2 is 1.70 bits per heavy atom. The van der Waals surface area contributed by atoms with Crippen LogP contribution in [0.5, 0.6) is 17.2 Å². The number of nitrogens with one attached hydrogen (secondary N) is 1. The zero-order valence-corrected chi connectivity index (χ0v) is 16.8. The zero-order valence-electron chi connectivity index (χ0n) is 16.8. The molecule has 1 amide bonds. The maximum absolute atomic E-state index is 12.1. The smallest absolute Gasteiger partial charge is 0.248 e. The summed E-state index contributed by atoms with van der Waals surface area (Å²) in [6.07, 6.45) is 6.44. The van der Waals surface area contributed by atoms with Gasteiger partial charge >= 0.3 is 0 Å². The average molecular weight is 404 g/mol. The van der Waals surface area contributed by atoms with Gasteiger partial charge in [0.15, 0.2) is 11.5 Å². The van der Waals surface area contributed by atoms with Crippen molar-refractivity contribution in [2.75, 3.05) is 25.1 Å². The molecule has 0 saturated heterocycles. The highest BCUT2D eigenvalue weighted by atomic mass is 16.5. The molecule has 2 aromatic carbocycles. The normalized spacial score (nSPS) is 10.6. The van der Waals surface area contributed by atoms with Gasteiger partial charge in [0.2, 0.25) is 5.91 Å². The molecule has 0 bridgehead atoms. The molecule has 30 heavy (non-hydrogen) atoms. The lowest BCUT2D eigenvalue weighted by molar-refractivity contribution is -0.111. The first-order valence-corrected chi connectivity index (χ1v) is 9.71. The van der Waals surface area contributed by atoms with Gasteiger partial charge in [-0.25, -0.2) is 0 Å². The van der Waals surface area contributed by atoms with E-state index < -0.39 is 0 Å². The van der Waals surface area contributed by atoms with Crippen LogP contribution in [0.4, 0.5) is 5.69 Å². The maximum Gasteiger partial charge on any atom is 0.248 e. The third kappa shape index (κ3) is 6.67. The molecule has 0 unspecified atom stereocenters. The first-order chi connectivity index (χ1) is 14.7. The van der Waals surface area contributed by atoms with Crippen LogP contribution in [-0.2, 0) is 4.79 Å². The second kappa shape index (κ2) is 11.3. The molecular weight excluding hydrogens is 380 g/mol. The van der Waals surface area contributed by atoms with Crippen molar-refractivity contribution in [2.45, 2.75) is 6.92 Å². The quantitative estimate of drug-likeness (QED) is 0.395. The lowest BCUT2D eigenvalue weighted by Crippen LogP contribution is -2.10. The van der Waals surface area contributed by atoms with Gasteiger partial charge in [-0.1, -0.05) is 24.3 Å². The van der Waals surface area contributed by atoms with Crippen molar-refractivity contribution in [1.82, 2.24) is 4.98 Å². The highest BCUT2D eigenvalue weighted by molar-refractivity contribution is 6.01. The molecule has 154 valence electrons. The summed E-state index contributed by atoms with van der Waals surface area (Å²) < 4.78 is 17.1. The topological polar surface area (TPSA) is 69.7 Å². The Morgan fingerprint density at radius 3 is 2.47 bits per heavy atom. The van der Waals surface area contributed by atoms with Crippen molar-refractivity contribution < 1.29 is 19.0 Å². The molecule has 0 spiro atoms. The van der Waals surface area contributed by atoms with Crippen molar-refractivity contribution in [2.24, 2.45) is 0 Å². The summed E-state index contributed by atoms with van der Waals surface area (Å²) in [5.41, 5.74) is 1.52. The van der Waals surface area contributed by atoms with Crippen LogP contribution in [0.2, 0.25) is 0 Å². The predicted octanol–water partition coefficient (Wildman–Crippen LogP) is 4.59. The van der Waals surface area contributed by atoms with Gasteiger partial charge in [-0.3, -0.25) is 9.78 Å². The van der Waals surface area contributed by atoms with Gasteiger partial charge in [0.25, 0.3) is 0 Å². The summed E-state index contributed by atoms with van der Waals surface area (Å²) in [7, 11) is 0. The number of carbonyl (C=O) groups is 1. The minimum atomic E-state index is -0.224. The Bertz CT molecular complexity index is 959. The van der Waals surface area contributed by atoms with E-state index in [1.54, 1.807) is 30.6 Å². The Kier molecular flexibility index (Phi) is 7.85. The molecule has 6 nitrogen and oxygen atoms in total. The molecule has 0 saturated carbocycles. The van der Waals surface area contributed by atoms with E-state index >= 15 is 0 Å². The number of hydrogen-bond acceptors (Lipinski definition) is 5. The summed E-state index contributed by atoms with van der Waals surface area (Å²) >= 11 is 0. The van der Waals surface area contributed by atoms with Gasteiger partial charge in [0.05, 0.1) is 6.61 Å². The molecule has 3 rings (SSSR count). The largest absolute Gasteiger partial charge is 0.490 e. The van der Waals surface area contributed by atoms with Crippen LogP contribution in [-0.4, -0.2) is 30.7 Å². The second-order valence-electron chi connectivity index (χ2n) is 6.21. The fourth-order valence-electron chi connectivity index (χ4n) is 2.63. The molecule has 1 aromatic heterocycles. The monoisotopic (exact) mass is 404 g/mol. The number of para-hydroxylation sites is 1. The van der Waals surface area contributed by atoms with Crippen LogP contribution < -0.4 is 19.5 Å². The minimum Gasteiger partial charge on any atom is -0.490 e. The van der Waals surface area contributed by atoms with Crippen LogP contribution in [0.25, 0.3) is 6.08 Å². The second-order valence-corrected chi connectivity index (χ2v) is 6.21. The lowest BCUT2D eigenvalue weighted by Gasteiger charge is -2.13. The van der Waals surface area contributed by atoms with Crippen molar-refractivity contribution in [3.8, 4) is 17.2 Å². The molecule has 1 N–H and O–H groups in total. The summed E-state index contributed by atoms with van der Waals surface area (Å²) in [5, 5.41) is 2.78. The zero-order chi connectivity index (χ0) is 21.0. The molecular formula is C24H24N2O4. The Labute approximate surface area is 176 Å². The van der Waals surface area contributed by atoms with E-state index in [2.05, 4.69) is 10.3 Å². The molecule has 0 radical (unpaired) electrons. The Morgan fingerprint density at radius 1 is 0.933 bits per heavy atom. The highest BCUT2D eigenvalue weighted by Gasteiger charge is 2.06. The van der Waals surface area contributed by atoms with E-state index in [0.717, 1.165) is 11.3 Å². The molecule has 1 heterocycles. The van der Waals surface area contributed by atoms with Crippen LogP contribution >= 0.6 is 0 Å². The first-order valence-electron chi connectivity index (χ1n) is 9.71. The van der Waals surface area contributed by atoms with E-state index in [9.17, 15) is 4.79 Å². The van der Waals surface area contributed by atoms with Gasteiger partial charge in [-0.15, -0.1) is 0 Å². The van der Waals surface area contributed by atoms with Crippen molar-refractivity contribution in [1.29, 1.82) is 0 Å². The average Bonchev–Trinajstić information content (AvgIpc) is 2.78. The predicted molar refractivity (Wildman–Crippen MR) is 117 cm³/mol. The van der Waals surface area contributed by atoms with Crippen LogP contribution in [0, 0.1) is 0 Å². The van der Waals surface area contributed by atoms with Gasteiger partial charge in [-0.05, 0) is 55.0 Å². The number of hydrogen-bond donors (Lipinski definition) is 1. The number of rotatable bonds is 10. The van der Waals surface area contributed by atoms with Crippen molar-refractivity contribution >= 4 is 17.7 Å². The SMILES string of the molecule is CCOc1cc(/C=C/C(=O)Nc2ccncc2)ccc1OCCOc1ccccc1. The third-order valence-electron chi connectivity index (χ3n) is 4.00. The summed E-state index contributed by atoms with van der Waals surface area (Å²) in [6, 6.07) is 18.6. The number of amides is 1. The first kappa shape index (κ1) is 20.9. The fourth-order valence-corrected chi connectivity index (χ4v) is 2.63. The number of carbonyl (C=O) groups excluding carboxylic acids is 1. The molecule has 6 heteroatoms. The fraction of sp³-hybridized carbons (Fsp3) is 0.167. The lowest BCUT2D eigenvalue weighted by atomic mass is 10.2. The van der Waals surface area contributed by atoms with Gasteiger partial charge in [0, 0.05) is 24.2 Å². The van der Waals surface area contributed by atoms with Crippen LogP contribution in [0.3, 0.4) is 0 Å². The number of benzene rings is 2. The Balaban J connectivity index is 1.56. The number of nitrogens with zero attached hydrogens (tertiary/aromatic N) is 1. The third-order valence-corrected chi connectivity index (χ3v) is 4.00. The van der Waals surface area contributed by atoms with Crippen molar-refractivity contribution in [3.05, 3.63) is 84.7 Å².